The largest absolute Gasteiger partial charge is 1.00 e. The summed E-state index contributed by atoms with van der Waals surface area (Å²) in [7, 11) is 0. The molecule has 14 N–H and O–H groups in total. The predicted octanol–water partition coefficient (Wildman–Crippen LogP) is -0.563. The average Bonchev–Trinajstić information content (AvgIpc) is 3.37. The van der Waals surface area contributed by atoms with E-state index in [9.17, 15) is 24.0 Å². The van der Waals surface area contributed by atoms with Crippen LogP contribution in [0.5, 0.6) is 0 Å². The van der Waals surface area contributed by atoms with Crippen LogP contribution in [0.2, 0.25) is 0 Å². The number of rotatable bonds is 40. The minimum atomic E-state index is -0.880. The fourth-order valence-electron chi connectivity index (χ4n) is 6.82. The second-order valence-electron chi connectivity index (χ2n) is 17.0. The van der Waals surface area contributed by atoms with Gasteiger partial charge in [-0.1, -0.05) is 115 Å². The third kappa shape index (κ3) is 65.8. The minimum Gasteiger partial charge on any atom is -1.00 e. The first-order chi connectivity index (χ1) is 34.6. The number of nitrogens with zero attached hydrogens (tertiary/aromatic N) is 1. The Balaban J connectivity index is -0.000000116. The topological polar surface area (TPSA) is 314 Å². The van der Waals surface area contributed by atoms with E-state index in [0.29, 0.717) is 64.6 Å². The summed E-state index contributed by atoms with van der Waals surface area (Å²) in [6, 6.07) is 0.749. The minimum absolute atomic E-state index is 0. The quantitative estimate of drug-likeness (QED) is 0.0133. The molecule has 0 spiro atoms. The zero-order valence-electron chi connectivity index (χ0n) is 50.3. The van der Waals surface area contributed by atoms with Gasteiger partial charge in [-0.3, -0.25) is 19.2 Å². The van der Waals surface area contributed by atoms with Crippen molar-refractivity contribution in [3.05, 3.63) is 12.2 Å². The molecule has 0 saturated carbocycles. The molecule has 0 bridgehead atoms. The SMILES string of the molecule is CC#CC#CC#CC#CC#CC#N.CCCCCC/C=C\CCCC(=O)CC(CCCCN)C(=O)ONC(CCCCN)C(=O)ON.CCCCCCCCCCCC(=O)CC(CCCCN)C(=O)ON.N.[H-].[H-].[H-].[K+].[K+].[K+]. The van der Waals surface area contributed by atoms with Gasteiger partial charge in [0.1, 0.15) is 17.6 Å². The Morgan fingerprint density at radius 3 is 1.33 bits per heavy atom. The third-order valence-electron chi connectivity index (χ3n) is 10.9. The van der Waals surface area contributed by atoms with Gasteiger partial charge in [-0.15, -0.1) is 5.48 Å². The Kier molecular flexibility index (Phi) is 86.4. The first-order valence-electron chi connectivity index (χ1n) is 25.9. The van der Waals surface area contributed by atoms with Crippen molar-refractivity contribution < 1.29 is 197 Å². The summed E-state index contributed by atoms with van der Waals surface area (Å²) >= 11 is 0. The molecule has 0 heterocycles. The molecule has 0 fully saturated rings. The first-order valence-corrected chi connectivity index (χ1v) is 25.9. The number of ketones is 2. The van der Waals surface area contributed by atoms with E-state index >= 15 is 0 Å². The van der Waals surface area contributed by atoms with Crippen molar-refractivity contribution in [2.45, 2.75) is 213 Å². The van der Waals surface area contributed by atoms with Gasteiger partial charge in [0.25, 0.3) is 0 Å². The molecule has 410 valence electrons. The zero-order chi connectivity index (χ0) is 53.3. The molecule has 0 radical (unpaired) electrons. The van der Waals surface area contributed by atoms with E-state index in [0.717, 1.165) is 57.8 Å². The number of hydrogen-bond acceptors (Lipinski definition) is 16. The molecule has 0 amide bonds. The van der Waals surface area contributed by atoms with Crippen LogP contribution in [0.3, 0.4) is 0 Å². The fraction of sp³-hybridized carbons (Fsp3) is 0.679. The van der Waals surface area contributed by atoms with E-state index in [1.165, 1.54) is 70.6 Å². The van der Waals surface area contributed by atoms with Crippen molar-refractivity contribution >= 4 is 29.5 Å². The van der Waals surface area contributed by atoms with Crippen molar-refractivity contribution in [2.24, 2.45) is 40.8 Å². The summed E-state index contributed by atoms with van der Waals surface area (Å²) in [5.74, 6) is 31.5. The van der Waals surface area contributed by atoms with E-state index in [-0.39, 0.29) is 189 Å². The van der Waals surface area contributed by atoms with Crippen molar-refractivity contribution in [2.75, 3.05) is 19.6 Å². The molecule has 3 unspecified atom stereocenters. The number of nitrogens with two attached hydrogens (primary N) is 5. The molecule has 0 aliphatic rings. The van der Waals surface area contributed by atoms with Crippen LogP contribution in [0.25, 0.3) is 0 Å². The Labute approximate surface area is 585 Å². The van der Waals surface area contributed by atoms with Gasteiger partial charge in [-0.05, 0) is 127 Å². The number of Topliss-reactive ketones (excluding diaryl/α,β-unsaturated/α-hetero) is 2. The number of unbranched alkanes of at least 4 members (excludes halogenated alkanes) is 16. The average molecular weight is 1130 g/mol. The van der Waals surface area contributed by atoms with Gasteiger partial charge in [0.15, 0.2) is 6.07 Å². The summed E-state index contributed by atoms with van der Waals surface area (Å²) in [6.07, 6.45) is 30.4. The van der Waals surface area contributed by atoms with Gasteiger partial charge in [-0.25, -0.2) is 4.79 Å². The van der Waals surface area contributed by atoms with Gasteiger partial charge in [0, 0.05) is 55.3 Å². The van der Waals surface area contributed by atoms with E-state index in [4.69, 9.17) is 39.1 Å². The molecule has 16 nitrogen and oxygen atoms in total. The zero-order valence-corrected chi connectivity index (χ0v) is 56.7. The van der Waals surface area contributed by atoms with Gasteiger partial charge >= 0.3 is 172 Å². The molecule has 0 aromatic carbocycles. The predicted molar refractivity (Wildman–Crippen MR) is 291 cm³/mol. The molecule has 0 aromatic heterocycles. The molecule has 0 aromatic rings. The fourth-order valence-corrected chi connectivity index (χ4v) is 6.82. The summed E-state index contributed by atoms with van der Waals surface area (Å²) in [6.45, 7) is 7.73. The molecule has 0 aliphatic heterocycles. The number of allylic oxidation sites excluding steroid dienone is 2. The van der Waals surface area contributed by atoms with E-state index in [1.54, 1.807) is 13.0 Å². The summed E-state index contributed by atoms with van der Waals surface area (Å²) in [5.41, 5.74) is 19.0. The maximum Gasteiger partial charge on any atom is 1.00 e. The van der Waals surface area contributed by atoms with Crippen LogP contribution in [0.1, 0.15) is 211 Å². The van der Waals surface area contributed by atoms with Crippen molar-refractivity contribution in [3.63, 3.8) is 0 Å². The van der Waals surface area contributed by atoms with Crippen LogP contribution >= 0.6 is 0 Å². The van der Waals surface area contributed by atoms with Crippen LogP contribution < -0.4 is 195 Å². The number of hydrogen-bond donors (Lipinski definition) is 7. The Bertz CT molecular complexity index is 1850. The Hall–Kier alpha value is -0.591. The second-order valence-corrected chi connectivity index (χ2v) is 17.0. The van der Waals surface area contributed by atoms with Crippen molar-refractivity contribution in [3.8, 4) is 65.3 Å². The monoisotopic (exact) mass is 1120 g/mol. The van der Waals surface area contributed by atoms with Crippen molar-refractivity contribution in [1.29, 1.82) is 5.26 Å². The standard InChI is InChI=1S/C25H48N4O5.C19H38N2O3.C12H3N.3K.H3N.3H/c1-2-3-4-5-6-7-8-9-10-16-22(30)20-21(15-11-13-18-26)24(31)34-29-23(25(32)33-28)17-12-14-19-27;1-2-3-4-5-6-7-8-9-10-14-18(22)16-17(19(23)24-21)13-11-12-15-20;1-2-3-4-5-6-7-8-9-10-11-12-13;;;;;;;/h7-8,21,23,29H,2-6,9-20,26-28H2,1H3;17H,2-16,20-21H2,1H3;1H3;;;;1H3;;;/q;;;3*+1;;3*-1/b8-7-;;;;;;;;;. The molecule has 3 atom stereocenters. The second kappa shape index (κ2) is 73.4. The summed E-state index contributed by atoms with van der Waals surface area (Å²) in [5, 5.41) is 8.00. The summed E-state index contributed by atoms with van der Waals surface area (Å²) in [4.78, 5) is 74.4. The number of nitrogens with one attached hydrogen (secondary N) is 1. The van der Waals surface area contributed by atoms with Gasteiger partial charge in [-0.2, -0.15) is 17.1 Å². The van der Waals surface area contributed by atoms with Crippen LogP contribution in [0.15, 0.2) is 12.2 Å². The van der Waals surface area contributed by atoms with Gasteiger partial charge in [0.05, 0.1) is 11.8 Å². The van der Waals surface area contributed by atoms with Crippen molar-refractivity contribution in [1.82, 2.24) is 11.6 Å². The number of carbonyl (C=O) groups is 5. The van der Waals surface area contributed by atoms with E-state index in [2.05, 4.69) is 100 Å². The van der Waals surface area contributed by atoms with E-state index < -0.39 is 35.8 Å². The number of hydroxylamine groups is 1. The smallest absolute Gasteiger partial charge is 1.00 e. The Morgan fingerprint density at radius 1 is 0.507 bits per heavy atom. The normalized spacial score (nSPS) is 10.4. The van der Waals surface area contributed by atoms with Crippen LogP contribution in [0, 0.1) is 82.4 Å². The van der Waals surface area contributed by atoms with Gasteiger partial charge in [0.2, 0.25) is 0 Å². The van der Waals surface area contributed by atoms with Gasteiger partial charge < -0.3 is 42.1 Å². The summed E-state index contributed by atoms with van der Waals surface area (Å²) < 4.78 is 0. The number of nitriles is 1. The third-order valence-corrected chi connectivity index (χ3v) is 10.9. The van der Waals surface area contributed by atoms with E-state index in [1.807, 2.05) is 0 Å². The molecule has 0 aliphatic carbocycles. The Morgan fingerprint density at radius 2 is 0.893 bits per heavy atom. The first kappa shape index (κ1) is 88.2. The molecular weight excluding hydrogens is 1030 g/mol. The molecule has 0 saturated heterocycles. The maximum atomic E-state index is 12.7. The van der Waals surface area contributed by atoms with Crippen LogP contribution in [0.4, 0.5) is 0 Å². The van der Waals surface area contributed by atoms with Crippen LogP contribution in [-0.4, -0.2) is 55.2 Å². The van der Waals surface area contributed by atoms with Crippen LogP contribution in [-0.2, 0) is 38.5 Å². The molecule has 0 rings (SSSR count). The molecule has 19 heteroatoms. The molecule has 75 heavy (non-hydrogen) atoms. The number of carbonyl (C=O) groups excluding carboxylic acids is 5. The molecular formula is C56H95K3N8O8. The maximum absolute atomic E-state index is 12.7.